The van der Waals surface area contributed by atoms with Gasteiger partial charge in [0.1, 0.15) is 0 Å². The van der Waals surface area contributed by atoms with Gasteiger partial charge >= 0.3 is 0 Å². The summed E-state index contributed by atoms with van der Waals surface area (Å²) < 4.78 is 6.17. The number of allylic oxidation sites excluding steroid dienone is 1. The van der Waals surface area contributed by atoms with E-state index in [1.165, 1.54) is 38.1 Å². The first kappa shape index (κ1) is 12.0. The molecule has 0 N–H and O–H groups in total. The van der Waals surface area contributed by atoms with E-state index in [1.807, 2.05) is 6.08 Å². The normalized spacial score (nSPS) is 26.0. The molecule has 0 aliphatic carbocycles. The molecular weight excluding hydrogens is 188 g/mol. The molecule has 1 unspecified atom stereocenters. The maximum Gasteiger partial charge on any atom is 0.187 e. The second-order valence-electron chi connectivity index (χ2n) is 4.96. The average Bonchev–Trinajstić information content (AvgIpc) is 2.11. The molecule has 1 fully saturated rings. The van der Waals surface area contributed by atoms with Crippen molar-refractivity contribution in [2.24, 2.45) is 0 Å². The number of unbranched alkanes of at least 4 members (excludes halogenated alkanes) is 2. The van der Waals surface area contributed by atoms with Gasteiger partial charge in [-0.1, -0.05) is 18.9 Å². The van der Waals surface area contributed by atoms with Gasteiger partial charge in [-0.15, -0.1) is 6.58 Å². The lowest BCUT2D eigenvalue weighted by atomic mass is 10.1. The molecule has 0 amide bonds. The van der Waals surface area contributed by atoms with Crippen LogP contribution in [-0.4, -0.2) is 14.4 Å². The molecule has 0 aromatic carbocycles. The van der Waals surface area contributed by atoms with Crippen LogP contribution in [0.3, 0.4) is 0 Å². The average molecular weight is 212 g/mol. The molecule has 2 heteroatoms. The fourth-order valence-corrected chi connectivity index (χ4v) is 4.50. The third-order valence-corrected chi connectivity index (χ3v) is 5.50. The molecule has 1 nitrogen and oxygen atoms in total. The molecule has 1 saturated heterocycles. The van der Waals surface area contributed by atoms with Crippen molar-refractivity contribution in [3.05, 3.63) is 12.7 Å². The van der Waals surface area contributed by atoms with Crippen molar-refractivity contribution >= 4 is 8.32 Å². The van der Waals surface area contributed by atoms with Crippen molar-refractivity contribution in [2.75, 3.05) is 0 Å². The minimum absolute atomic E-state index is 0.579. The molecule has 1 aliphatic heterocycles. The van der Waals surface area contributed by atoms with Crippen LogP contribution in [0.25, 0.3) is 0 Å². The van der Waals surface area contributed by atoms with Crippen LogP contribution in [0, 0.1) is 0 Å². The van der Waals surface area contributed by atoms with Gasteiger partial charge in [0.25, 0.3) is 0 Å². The maximum atomic E-state index is 6.17. The predicted molar refractivity (Wildman–Crippen MR) is 65.1 cm³/mol. The van der Waals surface area contributed by atoms with E-state index in [0.717, 1.165) is 6.42 Å². The summed E-state index contributed by atoms with van der Waals surface area (Å²) in [7, 11) is -1.24. The van der Waals surface area contributed by atoms with E-state index in [1.54, 1.807) is 0 Å². The smallest absolute Gasteiger partial charge is 0.187 e. The number of rotatable bonds is 5. The third kappa shape index (κ3) is 4.42. The molecule has 14 heavy (non-hydrogen) atoms. The molecule has 82 valence electrons. The van der Waals surface area contributed by atoms with Crippen molar-refractivity contribution in [1.29, 1.82) is 0 Å². The van der Waals surface area contributed by atoms with Crippen LogP contribution in [0.5, 0.6) is 0 Å². The quantitative estimate of drug-likeness (QED) is 0.378. The monoisotopic (exact) mass is 212 g/mol. The maximum absolute atomic E-state index is 6.17. The topological polar surface area (TPSA) is 9.23 Å². The van der Waals surface area contributed by atoms with Crippen molar-refractivity contribution in [3.63, 3.8) is 0 Å². The molecule has 0 aromatic heterocycles. The van der Waals surface area contributed by atoms with Crippen LogP contribution in [0.15, 0.2) is 12.7 Å². The Morgan fingerprint density at radius 1 is 1.43 bits per heavy atom. The molecule has 1 atom stereocenters. The zero-order valence-corrected chi connectivity index (χ0v) is 10.7. The molecule has 1 aliphatic rings. The van der Waals surface area contributed by atoms with Crippen LogP contribution in [0.1, 0.15) is 38.5 Å². The minimum Gasteiger partial charge on any atom is -0.414 e. The third-order valence-electron chi connectivity index (χ3n) is 2.97. The molecule has 1 rings (SSSR count). The molecule has 1 heterocycles. The highest BCUT2D eigenvalue weighted by atomic mass is 28.4. The van der Waals surface area contributed by atoms with Gasteiger partial charge in [0.15, 0.2) is 8.32 Å². The van der Waals surface area contributed by atoms with E-state index in [9.17, 15) is 0 Å². The lowest BCUT2D eigenvalue weighted by Gasteiger charge is -2.34. The number of hydrogen-bond donors (Lipinski definition) is 0. The first-order chi connectivity index (χ1) is 6.64. The van der Waals surface area contributed by atoms with Gasteiger partial charge in [-0.3, -0.25) is 0 Å². The standard InChI is InChI=1S/C12H24OSi/c1-4-5-6-7-9-12-10-8-11-14(2,3)13-12/h4,12H,1,5-11H2,2-3H3. The summed E-state index contributed by atoms with van der Waals surface area (Å²) >= 11 is 0. The minimum atomic E-state index is -1.24. The van der Waals surface area contributed by atoms with E-state index >= 15 is 0 Å². The highest BCUT2D eigenvalue weighted by molar-refractivity contribution is 6.71. The van der Waals surface area contributed by atoms with Crippen molar-refractivity contribution in [3.8, 4) is 0 Å². The summed E-state index contributed by atoms with van der Waals surface area (Å²) in [5.41, 5.74) is 0. The van der Waals surface area contributed by atoms with Crippen LogP contribution in [0.4, 0.5) is 0 Å². The molecule has 0 aromatic rings. The van der Waals surface area contributed by atoms with Crippen LogP contribution < -0.4 is 0 Å². The highest BCUT2D eigenvalue weighted by Crippen LogP contribution is 2.28. The summed E-state index contributed by atoms with van der Waals surface area (Å²) in [4.78, 5) is 0. The van der Waals surface area contributed by atoms with Gasteiger partial charge in [0.05, 0.1) is 0 Å². The van der Waals surface area contributed by atoms with E-state index in [4.69, 9.17) is 4.43 Å². The van der Waals surface area contributed by atoms with Crippen LogP contribution >= 0.6 is 0 Å². The van der Waals surface area contributed by atoms with Crippen molar-refractivity contribution in [2.45, 2.75) is 63.8 Å². The first-order valence-electron chi connectivity index (χ1n) is 5.93. The molecular formula is C12H24OSi. The van der Waals surface area contributed by atoms with Crippen LogP contribution in [-0.2, 0) is 4.43 Å². The van der Waals surface area contributed by atoms with Crippen LogP contribution in [0.2, 0.25) is 19.1 Å². The second-order valence-corrected chi connectivity index (χ2v) is 9.22. The Balaban J connectivity index is 2.14. The molecule has 0 radical (unpaired) electrons. The largest absolute Gasteiger partial charge is 0.414 e. The SMILES string of the molecule is C=CCCCCC1CCC[Si](C)(C)O1. The second kappa shape index (κ2) is 5.71. The van der Waals surface area contributed by atoms with E-state index in [2.05, 4.69) is 19.7 Å². The predicted octanol–water partition coefficient (Wildman–Crippen LogP) is 4.12. The van der Waals surface area contributed by atoms with E-state index < -0.39 is 8.32 Å². The lowest BCUT2D eigenvalue weighted by Crippen LogP contribution is -2.39. The van der Waals surface area contributed by atoms with Crippen molar-refractivity contribution < 1.29 is 4.43 Å². The summed E-state index contributed by atoms with van der Waals surface area (Å²) in [6.07, 6.45) is 10.3. The molecule has 0 bridgehead atoms. The number of hydrogen-bond acceptors (Lipinski definition) is 1. The van der Waals surface area contributed by atoms with Gasteiger partial charge in [0, 0.05) is 6.10 Å². The summed E-state index contributed by atoms with van der Waals surface area (Å²) in [6, 6.07) is 1.36. The Labute approximate surface area is 89.7 Å². The fourth-order valence-electron chi connectivity index (χ4n) is 2.19. The Hall–Kier alpha value is -0.0831. The molecule has 0 saturated carbocycles. The lowest BCUT2D eigenvalue weighted by molar-refractivity contribution is 0.148. The Bertz CT molecular complexity index is 177. The van der Waals surface area contributed by atoms with Gasteiger partial charge in [-0.25, -0.2) is 0 Å². The zero-order valence-electron chi connectivity index (χ0n) is 9.72. The Morgan fingerprint density at radius 2 is 2.21 bits per heavy atom. The van der Waals surface area contributed by atoms with Gasteiger partial charge in [0.2, 0.25) is 0 Å². The first-order valence-corrected chi connectivity index (χ1v) is 9.04. The van der Waals surface area contributed by atoms with Gasteiger partial charge in [-0.05, 0) is 44.8 Å². The fraction of sp³-hybridized carbons (Fsp3) is 0.833. The Morgan fingerprint density at radius 3 is 2.86 bits per heavy atom. The summed E-state index contributed by atoms with van der Waals surface area (Å²) in [5, 5.41) is 0. The molecule has 0 spiro atoms. The highest BCUT2D eigenvalue weighted by Gasteiger charge is 2.30. The van der Waals surface area contributed by atoms with Crippen molar-refractivity contribution in [1.82, 2.24) is 0 Å². The van der Waals surface area contributed by atoms with Gasteiger partial charge in [-0.2, -0.15) is 0 Å². The zero-order chi connectivity index (χ0) is 10.4. The Kier molecular flexibility index (Phi) is 4.89. The summed E-state index contributed by atoms with van der Waals surface area (Å²) in [5.74, 6) is 0. The van der Waals surface area contributed by atoms with E-state index in [-0.39, 0.29) is 0 Å². The summed E-state index contributed by atoms with van der Waals surface area (Å²) in [6.45, 7) is 8.44. The van der Waals surface area contributed by atoms with Gasteiger partial charge < -0.3 is 4.43 Å². The van der Waals surface area contributed by atoms with E-state index in [0.29, 0.717) is 6.10 Å².